The average Bonchev–Trinajstić information content (AvgIpc) is 2.40. The minimum atomic E-state index is 0.147. The van der Waals surface area contributed by atoms with Crippen LogP contribution in [0.1, 0.15) is 5.56 Å². The molecule has 1 N–H and O–H groups in total. The van der Waals surface area contributed by atoms with Crippen molar-refractivity contribution in [3.8, 4) is 5.88 Å². The zero-order chi connectivity index (χ0) is 13.0. The van der Waals surface area contributed by atoms with Gasteiger partial charge in [-0.1, -0.05) is 11.6 Å². The Balaban J connectivity index is 2.08. The van der Waals surface area contributed by atoms with Gasteiger partial charge in [0.2, 0.25) is 11.2 Å². The SMILES string of the molecule is COc1cc(CNc2nc(Cl)ncc2Cl)ccn1. The molecule has 0 atom stereocenters. The Hall–Kier alpha value is -1.59. The Morgan fingerprint density at radius 1 is 1.33 bits per heavy atom. The van der Waals surface area contributed by atoms with Crippen molar-refractivity contribution in [2.45, 2.75) is 6.54 Å². The Labute approximate surface area is 114 Å². The van der Waals surface area contributed by atoms with Gasteiger partial charge in [-0.15, -0.1) is 0 Å². The van der Waals surface area contributed by atoms with Crippen LogP contribution in [0.25, 0.3) is 0 Å². The van der Waals surface area contributed by atoms with Gasteiger partial charge in [-0.3, -0.25) is 0 Å². The molecular formula is C11H10Cl2N4O. The summed E-state index contributed by atoms with van der Waals surface area (Å²) >= 11 is 11.6. The second-order valence-corrected chi connectivity index (χ2v) is 4.14. The van der Waals surface area contributed by atoms with Crippen molar-refractivity contribution < 1.29 is 4.74 Å². The van der Waals surface area contributed by atoms with E-state index in [4.69, 9.17) is 27.9 Å². The fraction of sp³-hybridized carbons (Fsp3) is 0.182. The van der Waals surface area contributed by atoms with Crippen molar-refractivity contribution >= 4 is 29.0 Å². The minimum absolute atomic E-state index is 0.147. The summed E-state index contributed by atoms with van der Waals surface area (Å²) in [7, 11) is 1.57. The number of nitrogens with one attached hydrogen (secondary N) is 1. The maximum absolute atomic E-state index is 5.94. The van der Waals surface area contributed by atoms with Crippen LogP contribution < -0.4 is 10.1 Å². The van der Waals surface area contributed by atoms with Crippen molar-refractivity contribution in [2.24, 2.45) is 0 Å². The lowest BCUT2D eigenvalue weighted by atomic mass is 10.2. The molecule has 0 aliphatic rings. The molecule has 0 unspecified atom stereocenters. The van der Waals surface area contributed by atoms with E-state index >= 15 is 0 Å². The van der Waals surface area contributed by atoms with Gasteiger partial charge in [0.05, 0.1) is 13.3 Å². The molecule has 5 nitrogen and oxygen atoms in total. The quantitative estimate of drug-likeness (QED) is 0.875. The number of methoxy groups -OCH3 is 1. The summed E-state index contributed by atoms with van der Waals surface area (Å²) in [6.07, 6.45) is 3.12. The molecule has 7 heteroatoms. The van der Waals surface area contributed by atoms with Crippen molar-refractivity contribution in [1.29, 1.82) is 0 Å². The number of aromatic nitrogens is 3. The molecule has 0 saturated heterocycles. The monoisotopic (exact) mass is 284 g/mol. The Kier molecular flexibility index (Phi) is 4.17. The summed E-state index contributed by atoms with van der Waals surface area (Å²) in [6, 6.07) is 3.69. The van der Waals surface area contributed by atoms with Crippen LogP contribution in [0, 0.1) is 0 Å². The first kappa shape index (κ1) is 12.9. The molecule has 0 aromatic carbocycles. The lowest BCUT2D eigenvalue weighted by Crippen LogP contribution is -2.03. The van der Waals surface area contributed by atoms with E-state index in [1.807, 2.05) is 12.1 Å². The van der Waals surface area contributed by atoms with Crippen molar-refractivity contribution in [2.75, 3.05) is 12.4 Å². The zero-order valence-electron chi connectivity index (χ0n) is 9.52. The van der Waals surface area contributed by atoms with Crippen molar-refractivity contribution in [3.05, 3.63) is 40.4 Å². The molecule has 94 valence electrons. The van der Waals surface area contributed by atoms with Gasteiger partial charge >= 0.3 is 0 Å². The van der Waals surface area contributed by atoms with Gasteiger partial charge in [-0.2, -0.15) is 4.98 Å². The third kappa shape index (κ3) is 3.21. The van der Waals surface area contributed by atoms with E-state index in [0.29, 0.717) is 23.3 Å². The Morgan fingerprint density at radius 3 is 2.94 bits per heavy atom. The number of hydrogen-bond acceptors (Lipinski definition) is 5. The van der Waals surface area contributed by atoms with Gasteiger partial charge in [0.1, 0.15) is 10.8 Å². The molecule has 0 spiro atoms. The molecule has 0 aliphatic heterocycles. The minimum Gasteiger partial charge on any atom is -0.481 e. The normalized spacial score (nSPS) is 10.2. The van der Waals surface area contributed by atoms with Crippen LogP contribution >= 0.6 is 23.2 Å². The second-order valence-electron chi connectivity index (χ2n) is 3.40. The largest absolute Gasteiger partial charge is 0.481 e. The molecule has 0 amide bonds. The van der Waals surface area contributed by atoms with Gasteiger partial charge in [-0.05, 0) is 23.2 Å². The van der Waals surface area contributed by atoms with E-state index in [0.717, 1.165) is 5.56 Å². The standard InChI is InChI=1S/C11H10Cl2N4O/c1-18-9-4-7(2-3-14-9)5-15-10-8(12)6-16-11(13)17-10/h2-4,6H,5H2,1H3,(H,15,16,17). The number of anilines is 1. The number of rotatable bonds is 4. The highest BCUT2D eigenvalue weighted by atomic mass is 35.5. The predicted molar refractivity (Wildman–Crippen MR) is 70.2 cm³/mol. The summed E-state index contributed by atoms with van der Waals surface area (Å²) in [6.45, 7) is 0.534. The van der Waals surface area contributed by atoms with E-state index in [1.165, 1.54) is 6.20 Å². The predicted octanol–water partition coefficient (Wildman–Crippen LogP) is 2.80. The van der Waals surface area contributed by atoms with E-state index in [-0.39, 0.29) is 5.28 Å². The summed E-state index contributed by atoms with van der Waals surface area (Å²) in [5, 5.41) is 3.64. The summed E-state index contributed by atoms with van der Waals surface area (Å²) < 4.78 is 5.04. The lowest BCUT2D eigenvalue weighted by molar-refractivity contribution is 0.397. The highest BCUT2D eigenvalue weighted by Gasteiger charge is 2.04. The van der Waals surface area contributed by atoms with Crippen LogP contribution in [0.4, 0.5) is 5.82 Å². The van der Waals surface area contributed by atoms with E-state index < -0.39 is 0 Å². The number of pyridine rings is 1. The summed E-state index contributed by atoms with van der Waals surface area (Å²) in [5.41, 5.74) is 0.993. The maximum atomic E-state index is 5.94. The summed E-state index contributed by atoms with van der Waals surface area (Å²) in [5.74, 6) is 1.05. The molecule has 0 fully saturated rings. The first-order valence-electron chi connectivity index (χ1n) is 5.10. The molecule has 2 aromatic heterocycles. The van der Waals surface area contributed by atoms with Crippen LogP contribution in [0.15, 0.2) is 24.5 Å². The number of halogens is 2. The third-order valence-corrected chi connectivity index (χ3v) is 2.64. The highest BCUT2D eigenvalue weighted by molar-refractivity contribution is 6.33. The Morgan fingerprint density at radius 2 is 2.17 bits per heavy atom. The van der Waals surface area contributed by atoms with Gasteiger partial charge in [0, 0.05) is 18.8 Å². The first-order valence-corrected chi connectivity index (χ1v) is 5.85. The highest BCUT2D eigenvalue weighted by Crippen LogP contribution is 2.20. The number of ether oxygens (including phenoxy) is 1. The van der Waals surface area contributed by atoms with Crippen molar-refractivity contribution in [1.82, 2.24) is 15.0 Å². The Bertz CT molecular complexity index is 550. The second kappa shape index (κ2) is 5.84. The average molecular weight is 285 g/mol. The third-order valence-electron chi connectivity index (χ3n) is 2.18. The number of nitrogens with zero attached hydrogens (tertiary/aromatic N) is 3. The fourth-order valence-corrected chi connectivity index (χ4v) is 1.62. The molecule has 0 aliphatic carbocycles. The van der Waals surface area contributed by atoms with E-state index in [9.17, 15) is 0 Å². The molecule has 0 saturated carbocycles. The first-order chi connectivity index (χ1) is 8.69. The molecule has 18 heavy (non-hydrogen) atoms. The van der Waals surface area contributed by atoms with Gasteiger partial charge < -0.3 is 10.1 Å². The molecular weight excluding hydrogens is 275 g/mol. The molecule has 0 bridgehead atoms. The van der Waals surface area contributed by atoms with Crippen LogP contribution in [0.5, 0.6) is 5.88 Å². The molecule has 2 heterocycles. The lowest BCUT2D eigenvalue weighted by Gasteiger charge is -2.08. The van der Waals surface area contributed by atoms with Gasteiger partial charge in [0.15, 0.2) is 0 Å². The van der Waals surface area contributed by atoms with Crippen LogP contribution in [-0.2, 0) is 6.54 Å². The molecule has 2 aromatic rings. The van der Waals surface area contributed by atoms with Crippen molar-refractivity contribution in [3.63, 3.8) is 0 Å². The molecule has 0 radical (unpaired) electrons. The van der Waals surface area contributed by atoms with Gasteiger partial charge in [0.25, 0.3) is 0 Å². The van der Waals surface area contributed by atoms with E-state index in [1.54, 1.807) is 13.3 Å². The zero-order valence-corrected chi connectivity index (χ0v) is 11.0. The van der Waals surface area contributed by atoms with Crippen LogP contribution in [0.2, 0.25) is 10.3 Å². The van der Waals surface area contributed by atoms with Crippen LogP contribution in [0.3, 0.4) is 0 Å². The number of hydrogen-bond donors (Lipinski definition) is 1. The smallest absolute Gasteiger partial charge is 0.224 e. The topological polar surface area (TPSA) is 59.9 Å². The fourth-order valence-electron chi connectivity index (χ4n) is 1.33. The molecule has 2 rings (SSSR count). The van der Waals surface area contributed by atoms with E-state index in [2.05, 4.69) is 20.3 Å². The van der Waals surface area contributed by atoms with Gasteiger partial charge in [-0.25, -0.2) is 9.97 Å². The summed E-state index contributed by atoms with van der Waals surface area (Å²) in [4.78, 5) is 11.8. The van der Waals surface area contributed by atoms with Crippen LogP contribution in [-0.4, -0.2) is 22.1 Å². The maximum Gasteiger partial charge on any atom is 0.224 e.